The van der Waals surface area contributed by atoms with Gasteiger partial charge in [0.1, 0.15) is 0 Å². The summed E-state index contributed by atoms with van der Waals surface area (Å²) in [5, 5.41) is 6.78. The molecule has 4 aliphatic rings. The Balaban J connectivity index is 1.51. The van der Waals surface area contributed by atoms with E-state index in [0.29, 0.717) is 18.7 Å². The molecule has 8 heteroatoms. The predicted molar refractivity (Wildman–Crippen MR) is 146 cm³/mol. The van der Waals surface area contributed by atoms with Gasteiger partial charge in [0.05, 0.1) is 22.9 Å². The number of carbonyl (C=O) groups is 4. The Morgan fingerprint density at radius 3 is 2.13 bits per heavy atom. The monoisotopic (exact) mass is 520 g/mol. The van der Waals surface area contributed by atoms with E-state index in [2.05, 4.69) is 15.8 Å². The first-order chi connectivity index (χ1) is 18.9. The molecular formula is C31H28N4O4. The first-order valence-corrected chi connectivity index (χ1v) is 13.2. The molecule has 1 fully saturated rings. The van der Waals surface area contributed by atoms with E-state index >= 15 is 0 Å². The summed E-state index contributed by atoms with van der Waals surface area (Å²) in [5.41, 5.74) is 6.44. The number of hydrogen-bond donors (Lipinski definition) is 2. The number of nitrogens with one attached hydrogen (secondary N) is 2. The van der Waals surface area contributed by atoms with Crippen molar-refractivity contribution >= 4 is 35.5 Å². The number of carbonyl (C=O) groups excluding carboxylic acids is 4. The largest absolute Gasteiger partial charge is 0.348 e. The van der Waals surface area contributed by atoms with E-state index in [4.69, 9.17) is 0 Å². The quantitative estimate of drug-likeness (QED) is 0.233. The van der Waals surface area contributed by atoms with E-state index < -0.39 is 29.1 Å². The van der Waals surface area contributed by atoms with Gasteiger partial charge < -0.3 is 5.32 Å². The Hall–Kier alpha value is -4.59. The highest BCUT2D eigenvalue weighted by atomic mass is 16.2. The second-order valence-corrected chi connectivity index (χ2v) is 10.3. The molecule has 1 aliphatic heterocycles. The molecule has 0 saturated carbocycles. The summed E-state index contributed by atoms with van der Waals surface area (Å²) in [5.74, 6) is -3.93. The Morgan fingerprint density at radius 2 is 1.51 bits per heavy atom. The molecule has 3 aliphatic carbocycles. The topological polar surface area (TPSA) is 108 Å². The minimum atomic E-state index is -1.12. The lowest BCUT2D eigenvalue weighted by molar-refractivity contribution is -0.139. The van der Waals surface area contributed by atoms with Crippen LogP contribution in [-0.4, -0.2) is 36.4 Å². The maximum Gasteiger partial charge on any atom is 0.329 e. The molecule has 8 nitrogen and oxygen atoms in total. The Kier molecular flexibility index (Phi) is 5.90. The number of hydrogen-bond acceptors (Lipinski definition) is 5. The maximum atomic E-state index is 14.3. The highest BCUT2D eigenvalue weighted by Gasteiger charge is 2.68. The van der Waals surface area contributed by atoms with Gasteiger partial charge in [-0.2, -0.15) is 5.10 Å². The van der Waals surface area contributed by atoms with Gasteiger partial charge in [0.15, 0.2) is 0 Å². The van der Waals surface area contributed by atoms with Crippen molar-refractivity contribution in [2.45, 2.75) is 31.6 Å². The molecule has 0 aromatic heterocycles. The summed E-state index contributed by atoms with van der Waals surface area (Å²) in [7, 11) is 0. The molecule has 7 rings (SSSR count). The number of anilines is 1. The number of imide groups is 1. The number of rotatable bonds is 5. The van der Waals surface area contributed by atoms with E-state index in [9.17, 15) is 19.2 Å². The minimum absolute atomic E-state index is 0.247. The van der Waals surface area contributed by atoms with Crippen LogP contribution in [0.25, 0.3) is 0 Å². The normalized spacial score (nSPS) is 24.4. The maximum absolute atomic E-state index is 14.3. The van der Waals surface area contributed by atoms with Gasteiger partial charge in [0.2, 0.25) is 11.8 Å². The van der Waals surface area contributed by atoms with Gasteiger partial charge in [-0.05, 0) is 47.7 Å². The molecule has 0 radical (unpaired) electrons. The zero-order chi connectivity index (χ0) is 27.3. The van der Waals surface area contributed by atoms with Gasteiger partial charge >= 0.3 is 11.8 Å². The highest BCUT2D eigenvalue weighted by Crippen LogP contribution is 2.63. The summed E-state index contributed by atoms with van der Waals surface area (Å²) in [6, 6.07) is 22.9. The van der Waals surface area contributed by atoms with Crippen molar-refractivity contribution in [3.63, 3.8) is 0 Å². The van der Waals surface area contributed by atoms with Crippen LogP contribution in [0.5, 0.6) is 0 Å². The molecule has 196 valence electrons. The molecule has 2 N–H and O–H groups in total. The van der Waals surface area contributed by atoms with E-state index in [0.717, 1.165) is 27.8 Å². The molecule has 2 atom stereocenters. The van der Waals surface area contributed by atoms with Crippen LogP contribution in [0, 0.1) is 18.8 Å². The summed E-state index contributed by atoms with van der Waals surface area (Å²) in [6.07, 6.45) is 2.24. The lowest BCUT2D eigenvalue weighted by Crippen LogP contribution is -2.55. The van der Waals surface area contributed by atoms with E-state index in [1.54, 1.807) is 18.3 Å². The van der Waals surface area contributed by atoms with Crippen LogP contribution in [0.1, 0.15) is 47.1 Å². The van der Waals surface area contributed by atoms with Gasteiger partial charge in [-0.25, -0.2) is 10.3 Å². The number of hydrazone groups is 1. The molecule has 0 spiro atoms. The van der Waals surface area contributed by atoms with Crippen LogP contribution in [-0.2, 0) is 24.6 Å². The average Bonchev–Trinajstić information content (AvgIpc) is 3.23. The van der Waals surface area contributed by atoms with Crippen molar-refractivity contribution in [1.29, 1.82) is 0 Å². The van der Waals surface area contributed by atoms with Crippen molar-refractivity contribution < 1.29 is 19.2 Å². The lowest BCUT2D eigenvalue weighted by Gasteiger charge is -2.52. The van der Waals surface area contributed by atoms with Gasteiger partial charge in [-0.15, -0.1) is 0 Å². The molecule has 3 aromatic rings. The van der Waals surface area contributed by atoms with E-state index in [-0.39, 0.29) is 17.7 Å². The van der Waals surface area contributed by atoms with Crippen LogP contribution >= 0.6 is 0 Å². The minimum Gasteiger partial charge on any atom is -0.348 e. The van der Waals surface area contributed by atoms with Crippen molar-refractivity contribution in [3.05, 3.63) is 101 Å². The molecular weight excluding hydrogens is 492 g/mol. The van der Waals surface area contributed by atoms with Gasteiger partial charge in [0.25, 0.3) is 0 Å². The lowest BCUT2D eigenvalue weighted by atomic mass is 9.47. The van der Waals surface area contributed by atoms with Crippen LogP contribution in [0.4, 0.5) is 5.69 Å². The van der Waals surface area contributed by atoms with Crippen LogP contribution in [0.2, 0.25) is 0 Å². The fourth-order valence-electron chi connectivity index (χ4n) is 6.56. The third-order valence-electron chi connectivity index (χ3n) is 8.15. The molecule has 1 saturated heterocycles. The second kappa shape index (κ2) is 9.31. The number of aryl methyl sites for hydroxylation is 1. The zero-order valence-electron chi connectivity index (χ0n) is 21.7. The molecule has 0 unspecified atom stereocenters. The summed E-state index contributed by atoms with van der Waals surface area (Å²) < 4.78 is 0. The summed E-state index contributed by atoms with van der Waals surface area (Å²) in [6.45, 7) is 4.21. The van der Waals surface area contributed by atoms with Crippen LogP contribution < -0.4 is 15.6 Å². The third-order valence-corrected chi connectivity index (χ3v) is 8.15. The standard InChI is InChI=1S/C31H28N4O4/c1-3-16-32-27(36)28(37)34-33-17-31-22-10-6-4-8-20(22)24(21-9-5-7-11-23(21)31)25-26(31)30(39)35(29(25)38)19-14-12-18(2)13-15-19/h4-15,17,24-26H,3,16H2,1-2H3,(H,32,36)(H,34,37)/b33-17-/t24?,25-,26+,31?/m1/s1. The van der Waals surface area contributed by atoms with Gasteiger partial charge in [-0.1, -0.05) is 73.2 Å². The van der Waals surface area contributed by atoms with Crippen molar-refractivity contribution in [2.24, 2.45) is 16.9 Å². The molecule has 3 aromatic carbocycles. The van der Waals surface area contributed by atoms with Crippen LogP contribution in [0.3, 0.4) is 0 Å². The van der Waals surface area contributed by atoms with Crippen molar-refractivity contribution in [2.75, 3.05) is 11.4 Å². The number of nitrogens with zero attached hydrogens (tertiary/aromatic N) is 2. The SMILES string of the molecule is CCCNC(=O)C(=O)N/N=C\C12c3ccccc3C(c3ccccc31)[C@H]1C(=O)N(c3ccc(C)cc3)C(=O)[C@H]12. The second-order valence-electron chi connectivity index (χ2n) is 10.3. The van der Waals surface area contributed by atoms with E-state index in [1.807, 2.05) is 74.5 Å². The Morgan fingerprint density at radius 1 is 0.897 bits per heavy atom. The molecule has 2 bridgehead atoms. The van der Waals surface area contributed by atoms with Crippen molar-refractivity contribution in [3.8, 4) is 0 Å². The Bertz CT molecular complexity index is 1500. The first-order valence-electron chi connectivity index (χ1n) is 13.2. The highest BCUT2D eigenvalue weighted by molar-refractivity contribution is 6.35. The van der Waals surface area contributed by atoms with Crippen molar-refractivity contribution in [1.82, 2.24) is 10.7 Å². The molecule has 39 heavy (non-hydrogen) atoms. The predicted octanol–water partition coefficient (Wildman–Crippen LogP) is 3.17. The molecule has 4 amide bonds. The summed E-state index contributed by atoms with van der Waals surface area (Å²) >= 11 is 0. The van der Waals surface area contributed by atoms with E-state index in [1.165, 1.54) is 4.90 Å². The first kappa shape index (κ1) is 24.7. The fourth-order valence-corrected chi connectivity index (χ4v) is 6.56. The van der Waals surface area contributed by atoms with Gasteiger partial charge in [0, 0.05) is 18.7 Å². The summed E-state index contributed by atoms with van der Waals surface area (Å²) in [4.78, 5) is 54.2. The zero-order valence-corrected chi connectivity index (χ0v) is 21.7. The smallest absolute Gasteiger partial charge is 0.329 e. The average molecular weight is 521 g/mol. The molecule has 1 heterocycles. The van der Waals surface area contributed by atoms with Gasteiger partial charge in [-0.3, -0.25) is 19.2 Å². The number of benzene rings is 3. The third kappa shape index (κ3) is 3.55. The fraction of sp³-hybridized carbons (Fsp3) is 0.258. The Labute approximate surface area is 226 Å². The number of amides is 4. The van der Waals surface area contributed by atoms with Crippen LogP contribution in [0.15, 0.2) is 77.9 Å².